The predicted octanol–water partition coefficient (Wildman–Crippen LogP) is 1.24. The van der Waals surface area contributed by atoms with Crippen molar-refractivity contribution in [1.29, 1.82) is 0 Å². The third kappa shape index (κ3) is 3.99. The first-order valence-corrected chi connectivity index (χ1v) is 6.19. The van der Waals surface area contributed by atoms with Crippen LogP contribution in [0.25, 0.3) is 0 Å². The molecule has 1 unspecified atom stereocenters. The smallest absolute Gasteiger partial charge is 0.265 e. The van der Waals surface area contributed by atoms with Crippen molar-refractivity contribution in [3.63, 3.8) is 0 Å². The number of hydrogen-bond acceptors (Lipinski definition) is 3. The van der Waals surface area contributed by atoms with E-state index in [1.807, 2.05) is 6.07 Å². The Bertz CT molecular complexity index is 399. The van der Waals surface area contributed by atoms with Gasteiger partial charge < -0.3 is 5.11 Å². The Kier molecular flexibility index (Phi) is 3.84. The van der Waals surface area contributed by atoms with Gasteiger partial charge >= 0.3 is 0 Å². The van der Waals surface area contributed by atoms with E-state index in [0.29, 0.717) is 5.56 Å². The van der Waals surface area contributed by atoms with Crippen LogP contribution in [0.4, 0.5) is 0 Å². The Morgan fingerprint density at radius 2 is 1.80 bits per heavy atom. The van der Waals surface area contributed by atoms with Crippen molar-refractivity contribution in [2.24, 2.45) is 5.92 Å². The van der Waals surface area contributed by atoms with Crippen molar-refractivity contribution in [1.82, 2.24) is 0 Å². The highest BCUT2D eigenvalue weighted by Crippen LogP contribution is 2.22. The second-order valence-electron chi connectivity index (χ2n) is 3.58. The highest BCUT2D eigenvalue weighted by atomic mass is 32.2. The van der Waals surface area contributed by atoms with E-state index in [0.717, 1.165) is 0 Å². The summed E-state index contributed by atoms with van der Waals surface area (Å²) >= 11 is 0. The largest absolute Gasteiger partial charge is 0.388 e. The monoisotopic (exact) mass is 230 g/mol. The van der Waals surface area contributed by atoms with Crippen molar-refractivity contribution in [3.05, 3.63) is 35.9 Å². The maximum Gasteiger partial charge on any atom is 0.265 e. The molecular weight excluding hydrogens is 216 g/mol. The molecule has 1 rings (SSSR count). The fraction of sp³-hybridized carbons (Fsp3) is 0.400. The van der Waals surface area contributed by atoms with Crippen molar-refractivity contribution >= 4 is 10.1 Å². The molecule has 2 atom stereocenters. The minimum atomic E-state index is -4.04. The molecule has 0 bridgehead atoms. The lowest BCUT2D eigenvalue weighted by molar-refractivity contribution is 0.127. The van der Waals surface area contributed by atoms with Crippen LogP contribution in [0.5, 0.6) is 0 Å². The number of aliphatic hydroxyl groups is 1. The third-order valence-corrected chi connectivity index (χ3v) is 3.10. The molecule has 0 amide bonds. The Hall–Kier alpha value is -0.910. The summed E-state index contributed by atoms with van der Waals surface area (Å²) in [6, 6.07) is 8.76. The van der Waals surface area contributed by atoms with Crippen molar-refractivity contribution < 1.29 is 18.1 Å². The summed E-state index contributed by atoms with van der Waals surface area (Å²) in [5, 5.41) is 9.78. The summed E-state index contributed by atoms with van der Waals surface area (Å²) in [7, 11) is -4.04. The molecule has 0 spiro atoms. The summed E-state index contributed by atoms with van der Waals surface area (Å²) in [6.45, 7) is 1.57. The molecule has 15 heavy (non-hydrogen) atoms. The maximum atomic E-state index is 10.6. The van der Waals surface area contributed by atoms with Crippen LogP contribution in [0.2, 0.25) is 0 Å². The zero-order valence-corrected chi connectivity index (χ0v) is 9.18. The molecule has 84 valence electrons. The lowest BCUT2D eigenvalue weighted by atomic mass is 9.99. The molecule has 0 saturated heterocycles. The maximum absolute atomic E-state index is 10.6. The van der Waals surface area contributed by atoms with Gasteiger partial charge in [0.05, 0.1) is 11.9 Å². The Morgan fingerprint density at radius 1 is 1.27 bits per heavy atom. The van der Waals surface area contributed by atoms with E-state index in [1.54, 1.807) is 31.2 Å². The molecule has 1 aromatic carbocycles. The lowest BCUT2D eigenvalue weighted by Gasteiger charge is -2.17. The average Bonchev–Trinajstić information content (AvgIpc) is 2.15. The molecule has 4 nitrogen and oxygen atoms in total. The van der Waals surface area contributed by atoms with E-state index in [-0.39, 0.29) is 0 Å². The van der Waals surface area contributed by atoms with Crippen LogP contribution < -0.4 is 0 Å². The first-order chi connectivity index (χ1) is 6.90. The van der Waals surface area contributed by atoms with Crippen LogP contribution in [-0.2, 0) is 10.1 Å². The van der Waals surface area contributed by atoms with Crippen LogP contribution in [0.3, 0.4) is 0 Å². The fourth-order valence-corrected chi connectivity index (χ4v) is 2.25. The van der Waals surface area contributed by atoms with Gasteiger partial charge in [0.2, 0.25) is 0 Å². The third-order valence-electron chi connectivity index (χ3n) is 2.15. The van der Waals surface area contributed by atoms with Gasteiger partial charge in [-0.05, 0) is 5.56 Å². The normalized spacial score (nSPS) is 15.9. The molecule has 2 N–H and O–H groups in total. The van der Waals surface area contributed by atoms with E-state index in [1.165, 1.54) is 0 Å². The highest BCUT2D eigenvalue weighted by Gasteiger charge is 2.21. The Labute approximate surface area is 89.3 Å². The number of aliphatic hydroxyl groups excluding tert-OH is 1. The zero-order valence-electron chi connectivity index (χ0n) is 8.37. The van der Waals surface area contributed by atoms with Gasteiger partial charge in [-0.1, -0.05) is 37.3 Å². The van der Waals surface area contributed by atoms with Crippen molar-refractivity contribution in [2.45, 2.75) is 13.0 Å². The van der Waals surface area contributed by atoms with E-state index >= 15 is 0 Å². The van der Waals surface area contributed by atoms with Gasteiger partial charge in [0.15, 0.2) is 0 Å². The van der Waals surface area contributed by atoms with E-state index < -0.39 is 27.9 Å². The van der Waals surface area contributed by atoms with Crippen LogP contribution in [0, 0.1) is 5.92 Å². The first-order valence-electron chi connectivity index (χ1n) is 4.58. The molecule has 0 saturated carbocycles. The van der Waals surface area contributed by atoms with E-state index in [9.17, 15) is 13.5 Å². The lowest BCUT2D eigenvalue weighted by Crippen LogP contribution is -2.19. The number of benzene rings is 1. The van der Waals surface area contributed by atoms with Crippen LogP contribution in [0.15, 0.2) is 30.3 Å². The summed E-state index contributed by atoms with van der Waals surface area (Å²) in [5.41, 5.74) is 0.647. The summed E-state index contributed by atoms with van der Waals surface area (Å²) in [6.07, 6.45) is -0.881. The molecule has 1 aromatic rings. The van der Waals surface area contributed by atoms with Gasteiger partial charge in [-0.25, -0.2) is 0 Å². The van der Waals surface area contributed by atoms with Gasteiger partial charge in [-0.2, -0.15) is 8.42 Å². The van der Waals surface area contributed by atoms with Crippen LogP contribution in [0.1, 0.15) is 18.6 Å². The van der Waals surface area contributed by atoms with Gasteiger partial charge in [0.1, 0.15) is 0 Å². The summed E-state index contributed by atoms with van der Waals surface area (Å²) in [4.78, 5) is 0. The first kappa shape index (κ1) is 12.2. The molecular formula is C10H14O4S. The predicted molar refractivity (Wildman–Crippen MR) is 57.0 cm³/mol. The highest BCUT2D eigenvalue weighted by molar-refractivity contribution is 7.85. The summed E-state index contributed by atoms with van der Waals surface area (Å²) in [5.74, 6) is -0.981. The number of hydrogen-bond donors (Lipinski definition) is 2. The van der Waals surface area contributed by atoms with Crippen LogP contribution >= 0.6 is 0 Å². The van der Waals surface area contributed by atoms with E-state index in [4.69, 9.17) is 4.55 Å². The van der Waals surface area contributed by atoms with E-state index in [2.05, 4.69) is 0 Å². The second-order valence-corrected chi connectivity index (χ2v) is 5.08. The van der Waals surface area contributed by atoms with Gasteiger partial charge in [-0.15, -0.1) is 0 Å². The molecule has 0 aromatic heterocycles. The van der Waals surface area contributed by atoms with Gasteiger partial charge in [-0.3, -0.25) is 4.55 Å². The average molecular weight is 230 g/mol. The standard InChI is InChI=1S/C10H14O4S/c1-8(7-15(12,13)14)10(11)9-5-3-2-4-6-9/h2-6,8,10-11H,7H2,1H3,(H,12,13,14)/t8?,10-/m0/s1. The van der Waals surface area contributed by atoms with Gasteiger partial charge in [0, 0.05) is 5.92 Å². The number of rotatable bonds is 4. The molecule has 0 aliphatic carbocycles. The molecule has 0 aliphatic rings. The van der Waals surface area contributed by atoms with Crippen molar-refractivity contribution in [3.8, 4) is 0 Å². The Morgan fingerprint density at radius 3 is 2.27 bits per heavy atom. The molecule has 0 radical (unpaired) electrons. The fourth-order valence-electron chi connectivity index (χ4n) is 1.40. The molecule has 0 fully saturated rings. The minimum Gasteiger partial charge on any atom is -0.388 e. The molecule has 5 heteroatoms. The SMILES string of the molecule is CC(CS(=O)(=O)O)[C@H](O)c1ccccc1. The second kappa shape index (κ2) is 4.74. The molecule has 0 heterocycles. The van der Waals surface area contributed by atoms with Crippen molar-refractivity contribution in [2.75, 3.05) is 5.75 Å². The molecule has 0 aliphatic heterocycles. The van der Waals surface area contributed by atoms with Gasteiger partial charge in [0.25, 0.3) is 10.1 Å². The minimum absolute atomic E-state index is 0.441. The van der Waals surface area contributed by atoms with Crippen LogP contribution in [-0.4, -0.2) is 23.8 Å². The summed E-state index contributed by atoms with van der Waals surface area (Å²) < 4.78 is 29.9. The topological polar surface area (TPSA) is 74.6 Å². The zero-order chi connectivity index (χ0) is 11.5. The quantitative estimate of drug-likeness (QED) is 0.763. The Balaban J connectivity index is 2.73.